The maximum absolute atomic E-state index is 5.53. The molecule has 0 aliphatic rings. The van der Waals surface area contributed by atoms with Crippen molar-refractivity contribution in [2.24, 2.45) is 0 Å². The van der Waals surface area contributed by atoms with Crippen molar-refractivity contribution in [3.8, 4) is 11.8 Å². The van der Waals surface area contributed by atoms with Gasteiger partial charge < -0.3 is 15.2 Å². The molecule has 0 radical (unpaired) electrons. The minimum atomic E-state index is 0.100. The van der Waals surface area contributed by atoms with Crippen molar-refractivity contribution in [3.05, 3.63) is 18.2 Å². The Morgan fingerprint density at radius 3 is 2.74 bits per heavy atom. The summed E-state index contributed by atoms with van der Waals surface area (Å²) in [5.74, 6) is 1.15. The first kappa shape index (κ1) is 13.1. The average Bonchev–Trinajstić information content (AvgIpc) is 2.84. The molecular weight excluding hydrogens is 248 g/mol. The minimum absolute atomic E-state index is 0.100. The number of aromatic nitrogens is 5. The Bertz CT molecular complexity index is 554. The Kier molecular flexibility index (Phi) is 3.79. The largest absolute Gasteiger partial charge is 0.482 e. The summed E-state index contributed by atoms with van der Waals surface area (Å²) in [6.07, 6.45) is 3.45. The molecule has 0 aliphatic carbocycles. The van der Waals surface area contributed by atoms with Gasteiger partial charge >= 0.3 is 6.01 Å². The normalized spacial score (nSPS) is 10.7. The van der Waals surface area contributed by atoms with E-state index in [0.717, 1.165) is 0 Å². The molecule has 0 unspecified atom stereocenters. The van der Waals surface area contributed by atoms with Crippen LogP contribution in [0.15, 0.2) is 12.4 Å². The van der Waals surface area contributed by atoms with Crippen molar-refractivity contribution in [1.82, 2.24) is 24.7 Å². The second-order valence-electron chi connectivity index (χ2n) is 4.14. The summed E-state index contributed by atoms with van der Waals surface area (Å²) in [4.78, 5) is 11.8. The number of hydrogen-bond donors (Lipinski definition) is 1. The smallest absolute Gasteiger partial charge is 0.321 e. The number of anilines is 1. The van der Waals surface area contributed by atoms with Gasteiger partial charge in [-0.05, 0) is 13.8 Å². The SMILES string of the molecule is COc1nc(N)nc(COc2cnn(C(C)C)c2)n1. The predicted molar refractivity (Wildman–Crippen MR) is 67.7 cm³/mol. The fourth-order valence-electron chi connectivity index (χ4n) is 1.40. The number of hydrogen-bond acceptors (Lipinski definition) is 7. The molecule has 2 N–H and O–H groups in total. The summed E-state index contributed by atoms with van der Waals surface area (Å²) in [5, 5.41) is 4.17. The Morgan fingerprint density at radius 1 is 1.32 bits per heavy atom. The first-order valence-electron chi connectivity index (χ1n) is 5.80. The van der Waals surface area contributed by atoms with Crippen LogP contribution in [0, 0.1) is 0 Å². The van der Waals surface area contributed by atoms with Gasteiger partial charge in [-0.2, -0.15) is 20.1 Å². The highest BCUT2D eigenvalue weighted by Crippen LogP contribution is 2.14. The van der Waals surface area contributed by atoms with E-state index in [0.29, 0.717) is 11.6 Å². The monoisotopic (exact) mass is 264 g/mol. The molecule has 0 aromatic carbocycles. The van der Waals surface area contributed by atoms with E-state index >= 15 is 0 Å². The van der Waals surface area contributed by atoms with Crippen LogP contribution in [0.1, 0.15) is 25.7 Å². The third kappa shape index (κ3) is 3.30. The van der Waals surface area contributed by atoms with Crippen LogP contribution in [0.3, 0.4) is 0 Å². The van der Waals surface area contributed by atoms with Crippen molar-refractivity contribution < 1.29 is 9.47 Å². The van der Waals surface area contributed by atoms with Crippen LogP contribution in [0.2, 0.25) is 0 Å². The number of nitrogens with two attached hydrogens (primary N) is 1. The predicted octanol–water partition coefficient (Wildman–Crippen LogP) is 0.819. The van der Waals surface area contributed by atoms with Gasteiger partial charge in [0.1, 0.15) is 6.61 Å². The quantitative estimate of drug-likeness (QED) is 0.852. The summed E-state index contributed by atoms with van der Waals surface area (Å²) in [6, 6.07) is 0.453. The average molecular weight is 264 g/mol. The lowest BCUT2D eigenvalue weighted by Gasteiger charge is -2.05. The second kappa shape index (κ2) is 5.51. The van der Waals surface area contributed by atoms with E-state index in [1.807, 2.05) is 20.0 Å². The molecule has 102 valence electrons. The van der Waals surface area contributed by atoms with Gasteiger partial charge in [0, 0.05) is 6.04 Å². The van der Waals surface area contributed by atoms with Gasteiger partial charge in [0.25, 0.3) is 0 Å². The van der Waals surface area contributed by atoms with Crippen molar-refractivity contribution in [2.75, 3.05) is 12.8 Å². The van der Waals surface area contributed by atoms with E-state index in [1.165, 1.54) is 7.11 Å². The molecule has 2 rings (SSSR count). The number of rotatable bonds is 5. The molecule has 8 heteroatoms. The van der Waals surface area contributed by atoms with E-state index in [-0.39, 0.29) is 24.6 Å². The molecule has 8 nitrogen and oxygen atoms in total. The Hall–Kier alpha value is -2.38. The fraction of sp³-hybridized carbons (Fsp3) is 0.455. The van der Waals surface area contributed by atoms with Crippen LogP contribution in [-0.2, 0) is 6.61 Å². The first-order valence-corrected chi connectivity index (χ1v) is 5.80. The number of ether oxygens (including phenoxy) is 2. The van der Waals surface area contributed by atoms with Crippen LogP contribution in [0.25, 0.3) is 0 Å². The molecule has 2 aromatic rings. The highest BCUT2D eigenvalue weighted by atomic mass is 16.5. The molecular formula is C11H16N6O2. The molecule has 19 heavy (non-hydrogen) atoms. The van der Waals surface area contributed by atoms with E-state index in [1.54, 1.807) is 10.9 Å². The van der Waals surface area contributed by atoms with Gasteiger partial charge in [-0.3, -0.25) is 4.68 Å². The van der Waals surface area contributed by atoms with Gasteiger partial charge in [0.15, 0.2) is 11.6 Å². The number of methoxy groups -OCH3 is 1. The second-order valence-corrected chi connectivity index (χ2v) is 4.14. The summed E-state index contributed by atoms with van der Waals surface area (Å²) in [5.41, 5.74) is 5.53. The third-order valence-corrected chi connectivity index (χ3v) is 2.34. The van der Waals surface area contributed by atoms with Crippen LogP contribution in [0.5, 0.6) is 11.8 Å². The van der Waals surface area contributed by atoms with Crippen LogP contribution in [-0.4, -0.2) is 31.8 Å². The first-order chi connectivity index (χ1) is 9.08. The zero-order valence-electron chi connectivity index (χ0n) is 11.1. The van der Waals surface area contributed by atoms with Gasteiger partial charge in [0.05, 0.1) is 19.5 Å². The zero-order valence-corrected chi connectivity index (χ0v) is 11.1. The highest BCUT2D eigenvalue weighted by Gasteiger charge is 2.07. The molecule has 0 aliphatic heterocycles. The van der Waals surface area contributed by atoms with E-state index < -0.39 is 0 Å². The van der Waals surface area contributed by atoms with Crippen LogP contribution >= 0.6 is 0 Å². The van der Waals surface area contributed by atoms with Gasteiger partial charge in [-0.25, -0.2) is 0 Å². The van der Waals surface area contributed by atoms with Crippen molar-refractivity contribution >= 4 is 5.95 Å². The summed E-state index contributed by atoms with van der Waals surface area (Å²) in [7, 11) is 1.46. The lowest BCUT2D eigenvalue weighted by molar-refractivity contribution is 0.289. The summed E-state index contributed by atoms with van der Waals surface area (Å²) in [6.45, 7) is 4.25. The number of nitrogens with zero attached hydrogens (tertiary/aromatic N) is 5. The van der Waals surface area contributed by atoms with E-state index in [4.69, 9.17) is 15.2 Å². The minimum Gasteiger partial charge on any atom is -0.482 e. The van der Waals surface area contributed by atoms with E-state index in [9.17, 15) is 0 Å². The Labute approximate surface area is 110 Å². The van der Waals surface area contributed by atoms with Gasteiger partial charge in [0.2, 0.25) is 5.95 Å². The molecule has 2 heterocycles. The topological polar surface area (TPSA) is 101 Å². The van der Waals surface area contributed by atoms with E-state index in [2.05, 4.69) is 20.1 Å². The number of nitrogen functional groups attached to an aromatic ring is 1. The van der Waals surface area contributed by atoms with Crippen LogP contribution < -0.4 is 15.2 Å². The lowest BCUT2D eigenvalue weighted by Crippen LogP contribution is -2.07. The molecule has 0 fully saturated rings. The molecule has 0 saturated carbocycles. The Morgan fingerprint density at radius 2 is 2.11 bits per heavy atom. The fourth-order valence-corrected chi connectivity index (χ4v) is 1.40. The maximum Gasteiger partial charge on any atom is 0.321 e. The molecule has 0 amide bonds. The van der Waals surface area contributed by atoms with Gasteiger partial charge in [-0.1, -0.05) is 0 Å². The molecule has 0 saturated heterocycles. The molecule has 0 atom stereocenters. The summed E-state index contributed by atoms with van der Waals surface area (Å²) < 4.78 is 12.2. The molecule has 0 spiro atoms. The molecule has 0 bridgehead atoms. The lowest BCUT2D eigenvalue weighted by atomic mass is 10.4. The molecule has 2 aromatic heterocycles. The Balaban J connectivity index is 2.03. The van der Waals surface area contributed by atoms with Crippen molar-refractivity contribution in [3.63, 3.8) is 0 Å². The van der Waals surface area contributed by atoms with Gasteiger partial charge in [-0.15, -0.1) is 0 Å². The maximum atomic E-state index is 5.53. The third-order valence-electron chi connectivity index (χ3n) is 2.34. The standard InChI is InChI=1S/C11H16N6O2/c1-7(2)17-5-8(4-13-17)19-6-9-14-10(12)16-11(15-9)18-3/h4-5,7H,6H2,1-3H3,(H2,12,14,15,16). The van der Waals surface area contributed by atoms with Crippen LogP contribution in [0.4, 0.5) is 5.95 Å². The summed E-state index contributed by atoms with van der Waals surface area (Å²) >= 11 is 0. The zero-order chi connectivity index (χ0) is 13.8. The van der Waals surface area contributed by atoms with Crippen molar-refractivity contribution in [2.45, 2.75) is 26.5 Å². The highest BCUT2D eigenvalue weighted by molar-refractivity contribution is 5.18. The van der Waals surface area contributed by atoms with Crippen molar-refractivity contribution in [1.29, 1.82) is 0 Å².